The van der Waals surface area contributed by atoms with E-state index in [0.29, 0.717) is 18.0 Å². The molecular formula is C21H23N3O6. The monoisotopic (exact) mass is 413 g/mol. The van der Waals surface area contributed by atoms with Crippen molar-refractivity contribution in [3.8, 4) is 11.5 Å². The van der Waals surface area contributed by atoms with E-state index in [-0.39, 0.29) is 36.2 Å². The number of hydrogen-bond donors (Lipinski definition) is 2. The van der Waals surface area contributed by atoms with Gasteiger partial charge in [-0.15, -0.1) is 0 Å². The van der Waals surface area contributed by atoms with Crippen molar-refractivity contribution in [2.75, 3.05) is 18.5 Å². The van der Waals surface area contributed by atoms with Gasteiger partial charge in [0.25, 0.3) is 11.6 Å². The Kier molecular flexibility index (Phi) is 6.51. The molecule has 0 fully saturated rings. The van der Waals surface area contributed by atoms with Crippen molar-refractivity contribution in [2.45, 2.75) is 32.8 Å². The molecule has 0 aliphatic carbocycles. The summed E-state index contributed by atoms with van der Waals surface area (Å²) in [7, 11) is 0. The lowest BCUT2D eigenvalue weighted by atomic mass is 10.1. The summed E-state index contributed by atoms with van der Waals surface area (Å²) >= 11 is 0. The zero-order valence-electron chi connectivity index (χ0n) is 16.8. The number of anilines is 1. The minimum Gasteiger partial charge on any atom is -0.492 e. The lowest BCUT2D eigenvalue weighted by Gasteiger charge is -2.14. The highest BCUT2D eigenvalue weighted by atomic mass is 16.6. The minimum absolute atomic E-state index is 0.0542. The molecule has 2 aromatic carbocycles. The third kappa shape index (κ3) is 5.05. The Morgan fingerprint density at radius 3 is 2.67 bits per heavy atom. The van der Waals surface area contributed by atoms with Crippen LogP contribution < -0.4 is 20.1 Å². The average Bonchev–Trinajstić information content (AvgIpc) is 3.07. The SMILES string of the molecule is CCOc1cc2c(cc1NC(=O)CCNC(=O)c1ccc([N+](=O)[O-])cc1)O[C@H](C)C2. The Morgan fingerprint density at radius 1 is 1.27 bits per heavy atom. The molecule has 3 rings (SSSR count). The van der Waals surface area contributed by atoms with Crippen LogP contribution in [0.25, 0.3) is 0 Å². The summed E-state index contributed by atoms with van der Waals surface area (Å²) in [6, 6.07) is 8.90. The first kappa shape index (κ1) is 21.1. The molecule has 2 N–H and O–H groups in total. The first-order chi connectivity index (χ1) is 14.4. The van der Waals surface area contributed by atoms with Crippen molar-refractivity contribution in [1.29, 1.82) is 0 Å². The molecule has 9 nitrogen and oxygen atoms in total. The summed E-state index contributed by atoms with van der Waals surface area (Å²) in [5.41, 5.74) is 1.75. The van der Waals surface area contributed by atoms with E-state index in [9.17, 15) is 19.7 Å². The molecule has 1 heterocycles. The summed E-state index contributed by atoms with van der Waals surface area (Å²) < 4.78 is 11.4. The van der Waals surface area contributed by atoms with E-state index >= 15 is 0 Å². The number of fused-ring (bicyclic) bond motifs is 1. The van der Waals surface area contributed by atoms with Crippen molar-refractivity contribution in [3.05, 3.63) is 57.6 Å². The summed E-state index contributed by atoms with van der Waals surface area (Å²) in [5, 5.41) is 16.1. The molecule has 0 saturated carbocycles. The second kappa shape index (κ2) is 9.25. The smallest absolute Gasteiger partial charge is 0.269 e. The van der Waals surface area contributed by atoms with Gasteiger partial charge in [0.05, 0.1) is 17.2 Å². The van der Waals surface area contributed by atoms with Crippen molar-refractivity contribution in [3.63, 3.8) is 0 Å². The number of amides is 2. The summed E-state index contributed by atoms with van der Waals surface area (Å²) in [4.78, 5) is 34.6. The number of nitro groups is 1. The van der Waals surface area contributed by atoms with Crippen LogP contribution in [0.5, 0.6) is 11.5 Å². The first-order valence-corrected chi connectivity index (χ1v) is 9.66. The predicted octanol–water partition coefficient (Wildman–Crippen LogP) is 3.08. The lowest BCUT2D eigenvalue weighted by Crippen LogP contribution is -2.27. The number of ether oxygens (including phenoxy) is 2. The quantitative estimate of drug-likeness (QED) is 0.507. The van der Waals surface area contributed by atoms with Gasteiger partial charge in [-0.3, -0.25) is 19.7 Å². The highest BCUT2D eigenvalue weighted by Gasteiger charge is 2.22. The lowest BCUT2D eigenvalue weighted by molar-refractivity contribution is -0.384. The molecule has 0 bridgehead atoms. The van der Waals surface area contributed by atoms with Gasteiger partial charge in [0, 0.05) is 48.7 Å². The van der Waals surface area contributed by atoms with Gasteiger partial charge in [0.15, 0.2) is 0 Å². The maximum atomic E-state index is 12.3. The maximum Gasteiger partial charge on any atom is 0.269 e. The molecule has 1 aliphatic heterocycles. The van der Waals surface area contributed by atoms with E-state index in [2.05, 4.69) is 10.6 Å². The zero-order chi connectivity index (χ0) is 21.7. The highest BCUT2D eigenvalue weighted by molar-refractivity contribution is 5.96. The molecule has 2 aromatic rings. The summed E-state index contributed by atoms with van der Waals surface area (Å²) in [6.45, 7) is 4.42. The Balaban J connectivity index is 1.55. The van der Waals surface area contributed by atoms with Crippen LogP contribution in [0.15, 0.2) is 36.4 Å². The number of carbonyl (C=O) groups is 2. The molecule has 2 amide bonds. The largest absolute Gasteiger partial charge is 0.492 e. The second-order valence-electron chi connectivity index (χ2n) is 6.88. The average molecular weight is 413 g/mol. The second-order valence-corrected chi connectivity index (χ2v) is 6.88. The normalized spacial score (nSPS) is 14.4. The fourth-order valence-corrected chi connectivity index (χ4v) is 3.15. The number of non-ortho nitro benzene ring substituents is 1. The van der Waals surface area contributed by atoms with Gasteiger partial charge in [-0.1, -0.05) is 0 Å². The van der Waals surface area contributed by atoms with Crippen LogP contribution in [0.1, 0.15) is 36.2 Å². The number of carbonyl (C=O) groups excluding carboxylic acids is 2. The van der Waals surface area contributed by atoms with Gasteiger partial charge < -0.3 is 20.1 Å². The first-order valence-electron chi connectivity index (χ1n) is 9.66. The van der Waals surface area contributed by atoms with Crippen molar-refractivity contribution < 1.29 is 24.0 Å². The van der Waals surface area contributed by atoms with Crippen LogP contribution >= 0.6 is 0 Å². The van der Waals surface area contributed by atoms with E-state index in [1.165, 1.54) is 24.3 Å². The Morgan fingerprint density at radius 2 is 2.00 bits per heavy atom. The minimum atomic E-state index is -0.535. The van der Waals surface area contributed by atoms with Gasteiger partial charge in [-0.2, -0.15) is 0 Å². The standard InChI is InChI=1S/C21H23N3O6/c1-3-29-19-11-15-10-13(2)30-18(15)12-17(19)23-20(25)8-9-22-21(26)14-4-6-16(7-5-14)24(27)28/h4-7,11-13H,3,8-10H2,1-2H3,(H,22,26)(H,23,25)/t13-/m1/s1. The van der Waals surface area contributed by atoms with Gasteiger partial charge in [-0.25, -0.2) is 0 Å². The van der Waals surface area contributed by atoms with Crippen LogP contribution in [0.3, 0.4) is 0 Å². The number of nitrogens with one attached hydrogen (secondary N) is 2. The summed E-state index contributed by atoms with van der Waals surface area (Å²) in [5.74, 6) is 0.614. The maximum absolute atomic E-state index is 12.3. The fraction of sp³-hybridized carbons (Fsp3) is 0.333. The molecule has 0 radical (unpaired) electrons. The third-order valence-corrected chi connectivity index (χ3v) is 4.55. The molecule has 158 valence electrons. The van der Waals surface area contributed by atoms with Crippen LogP contribution in [-0.4, -0.2) is 36.0 Å². The Bertz CT molecular complexity index is 958. The number of rotatable bonds is 8. The van der Waals surface area contributed by atoms with Gasteiger partial charge in [0.1, 0.15) is 17.6 Å². The molecule has 9 heteroatoms. The molecule has 1 atom stereocenters. The van der Waals surface area contributed by atoms with E-state index < -0.39 is 10.8 Å². The van der Waals surface area contributed by atoms with Crippen molar-refractivity contribution >= 4 is 23.2 Å². The highest BCUT2D eigenvalue weighted by Crippen LogP contribution is 2.38. The van der Waals surface area contributed by atoms with Crippen LogP contribution in [0, 0.1) is 10.1 Å². The topological polar surface area (TPSA) is 120 Å². The molecular weight excluding hydrogens is 390 g/mol. The zero-order valence-corrected chi connectivity index (χ0v) is 16.8. The van der Waals surface area contributed by atoms with Crippen LogP contribution in [0.4, 0.5) is 11.4 Å². The molecule has 0 unspecified atom stereocenters. The number of nitrogens with zero attached hydrogens (tertiary/aromatic N) is 1. The molecule has 0 aromatic heterocycles. The van der Waals surface area contributed by atoms with E-state index in [4.69, 9.17) is 9.47 Å². The fourth-order valence-electron chi connectivity index (χ4n) is 3.15. The number of nitro benzene ring substituents is 1. The predicted molar refractivity (Wildman–Crippen MR) is 110 cm³/mol. The van der Waals surface area contributed by atoms with Gasteiger partial charge in [-0.05, 0) is 32.0 Å². The Labute approximate surface area is 173 Å². The van der Waals surface area contributed by atoms with Crippen molar-refractivity contribution in [1.82, 2.24) is 5.32 Å². The third-order valence-electron chi connectivity index (χ3n) is 4.55. The van der Waals surface area contributed by atoms with Crippen LogP contribution in [-0.2, 0) is 11.2 Å². The number of benzene rings is 2. The van der Waals surface area contributed by atoms with Crippen LogP contribution in [0.2, 0.25) is 0 Å². The molecule has 0 saturated heterocycles. The van der Waals surface area contributed by atoms with E-state index in [0.717, 1.165) is 17.7 Å². The number of hydrogen-bond acceptors (Lipinski definition) is 6. The molecule has 1 aliphatic rings. The van der Waals surface area contributed by atoms with Crippen molar-refractivity contribution in [2.24, 2.45) is 0 Å². The molecule has 30 heavy (non-hydrogen) atoms. The van der Waals surface area contributed by atoms with E-state index in [1.807, 2.05) is 19.9 Å². The van der Waals surface area contributed by atoms with Gasteiger partial charge >= 0.3 is 0 Å². The summed E-state index contributed by atoms with van der Waals surface area (Å²) in [6.07, 6.45) is 0.923. The Hall–Kier alpha value is -3.62. The molecule has 0 spiro atoms. The van der Waals surface area contributed by atoms with Gasteiger partial charge in [0.2, 0.25) is 5.91 Å². The van der Waals surface area contributed by atoms with E-state index in [1.54, 1.807) is 6.07 Å².